The number of rotatable bonds is 6. The number of aryl methyl sites for hydroxylation is 1. The molecular formula is C20H20N2O4. The fraction of sp³-hybridized carbons (Fsp3) is 0.250. The minimum absolute atomic E-state index is 0.0208. The van der Waals surface area contributed by atoms with Crippen molar-refractivity contribution in [2.75, 3.05) is 5.32 Å². The van der Waals surface area contributed by atoms with Crippen molar-refractivity contribution in [1.82, 2.24) is 5.32 Å². The van der Waals surface area contributed by atoms with Gasteiger partial charge in [0.2, 0.25) is 5.91 Å². The van der Waals surface area contributed by atoms with Crippen molar-refractivity contribution in [3.8, 4) is 0 Å². The quantitative estimate of drug-likeness (QED) is 0.745. The number of anilines is 1. The maximum absolute atomic E-state index is 12.7. The van der Waals surface area contributed by atoms with Crippen molar-refractivity contribution in [3.63, 3.8) is 0 Å². The van der Waals surface area contributed by atoms with Crippen LogP contribution in [-0.2, 0) is 16.0 Å². The smallest absolute Gasteiger partial charge is 0.303 e. The number of carbonyl (C=O) groups is 3. The van der Waals surface area contributed by atoms with Crippen LogP contribution in [-0.4, -0.2) is 22.9 Å². The number of carboxylic acid groups (broad SMARTS) is 1. The number of benzene rings is 2. The van der Waals surface area contributed by atoms with E-state index >= 15 is 0 Å². The number of amides is 2. The van der Waals surface area contributed by atoms with Gasteiger partial charge in [-0.3, -0.25) is 14.4 Å². The summed E-state index contributed by atoms with van der Waals surface area (Å²) in [7, 11) is 0. The highest BCUT2D eigenvalue weighted by molar-refractivity contribution is 5.98. The van der Waals surface area contributed by atoms with E-state index in [0.717, 1.165) is 16.8 Å². The van der Waals surface area contributed by atoms with Crippen LogP contribution in [0.25, 0.3) is 0 Å². The molecule has 0 saturated heterocycles. The molecule has 2 aromatic carbocycles. The molecule has 6 heteroatoms. The standard InChI is InChI=1S/C20H20N2O4/c23-18-10-7-14-12-15(6-8-17(14)21-18)20(26)22-16(9-11-19(24)25)13-4-2-1-3-5-13/h1-6,8,12,16H,7,9-11H2,(H,21,23)(H,22,26)(H,24,25). The van der Waals surface area contributed by atoms with E-state index in [0.29, 0.717) is 24.8 Å². The number of hydrogen-bond acceptors (Lipinski definition) is 3. The van der Waals surface area contributed by atoms with Gasteiger partial charge in [0.05, 0.1) is 6.04 Å². The summed E-state index contributed by atoms with van der Waals surface area (Å²) in [5, 5.41) is 14.7. The molecule has 3 rings (SSSR count). The first-order valence-corrected chi connectivity index (χ1v) is 8.53. The summed E-state index contributed by atoms with van der Waals surface area (Å²) >= 11 is 0. The number of aliphatic carboxylic acids is 1. The van der Waals surface area contributed by atoms with E-state index in [1.165, 1.54) is 0 Å². The van der Waals surface area contributed by atoms with Crippen LogP contribution < -0.4 is 10.6 Å². The largest absolute Gasteiger partial charge is 0.481 e. The second kappa shape index (κ2) is 7.82. The molecule has 26 heavy (non-hydrogen) atoms. The zero-order chi connectivity index (χ0) is 18.5. The monoisotopic (exact) mass is 352 g/mol. The molecule has 0 saturated carbocycles. The molecule has 134 valence electrons. The summed E-state index contributed by atoms with van der Waals surface area (Å²) in [6, 6.07) is 14.1. The van der Waals surface area contributed by atoms with Crippen LogP contribution >= 0.6 is 0 Å². The maximum atomic E-state index is 12.7. The van der Waals surface area contributed by atoms with Gasteiger partial charge < -0.3 is 15.7 Å². The molecule has 1 unspecified atom stereocenters. The van der Waals surface area contributed by atoms with E-state index in [9.17, 15) is 14.4 Å². The Morgan fingerprint density at radius 2 is 1.88 bits per heavy atom. The van der Waals surface area contributed by atoms with E-state index in [1.54, 1.807) is 18.2 Å². The summed E-state index contributed by atoms with van der Waals surface area (Å²) in [6.45, 7) is 0. The van der Waals surface area contributed by atoms with Gasteiger partial charge in [-0.25, -0.2) is 0 Å². The lowest BCUT2D eigenvalue weighted by molar-refractivity contribution is -0.137. The van der Waals surface area contributed by atoms with E-state index in [-0.39, 0.29) is 24.3 Å². The lowest BCUT2D eigenvalue weighted by Crippen LogP contribution is -2.29. The molecular weight excluding hydrogens is 332 g/mol. The molecule has 0 spiro atoms. The van der Waals surface area contributed by atoms with Gasteiger partial charge in [-0.1, -0.05) is 30.3 Å². The number of nitrogens with one attached hydrogen (secondary N) is 2. The Bertz CT molecular complexity index is 833. The summed E-state index contributed by atoms with van der Waals surface area (Å²) in [6.07, 6.45) is 1.29. The van der Waals surface area contributed by atoms with Crippen LogP contribution in [0.5, 0.6) is 0 Å². The predicted molar refractivity (Wildman–Crippen MR) is 96.9 cm³/mol. The lowest BCUT2D eigenvalue weighted by Gasteiger charge is -2.20. The molecule has 0 bridgehead atoms. The van der Waals surface area contributed by atoms with Gasteiger partial charge >= 0.3 is 5.97 Å². The fourth-order valence-electron chi connectivity index (χ4n) is 3.04. The molecule has 2 amide bonds. The Morgan fingerprint density at radius 1 is 1.12 bits per heavy atom. The normalized spacial score (nSPS) is 14.1. The lowest BCUT2D eigenvalue weighted by atomic mass is 9.98. The summed E-state index contributed by atoms with van der Waals surface area (Å²) in [5.41, 5.74) is 3.03. The Morgan fingerprint density at radius 3 is 2.62 bits per heavy atom. The van der Waals surface area contributed by atoms with Gasteiger partial charge in [0.1, 0.15) is 0 Å². The third-order valence-electron chi connectivity index (χ3n) is 4.42. The van der Waals surface area contributed by atoms with Crippen molar-refractivity contribution in [1.29, 1.82) is 0 Å². The van der Waals surface area contributed by atoms with Crippen molar-refractivity contribution >= 4 is 23.5 Å². The Kier molecular flexibility index (Phi) is 5.31. The third-order valence-corrected chi connectivity index (χ3v) is 4.42. The zero-order valence-electron chi connectivity index (χ0n) is 14.2. The van der Waals surface area contributed by atoms with Crippen LogP contribution in [0, 0.1) is 0 Å². The van der Waals surface area contributed by atoms with Gasteiger partial charge in [-0.15, -0.1) is 0 Å². The fourth-order valence-corrected chi connectivity index (χ4v) is 3.04. The van der Waals surface area contributed by atoms with Gasteiger partial charge in [0.25, 0.3) is 5.91 Å². The molecule has 0 aliphatic carbocycles. The van der Waals surface area contributed by atoms with Crippen molar-refractivity contribution in [3.05, 3.63) is 65.2 Å². The third kappa shape index (κ3) is 4.27. The van der Waals surface area contributed by atoms with E-state index in [2.05, 4.69) is 10.6 Å². The first-order chi connectivity index (χ1) is 12.5. The van der Waals surface area contributed by atoms with E-state index in [1.807, 2.05) is 30.3 Å². The van der Waals surface area contributed by atoms with Crippen molar-refractivity contribution < 1.29 is 19.5 Å². The number of hydrogen-bond donors (Lipinski definition) is 3. The zero-order valence-corrected chi connectivity index (χ0v) is 14.2. The molecule has 0 fully saturated rings. The van der Waals surface area contributed by atoms with Gasteiger partial charge in [-0.2, -0.15) is 0 Å². The summed E-state index contributed by atoms with van der Waals surface area (Å²) in [4.78, 5) is 35.0. The number of carbonyl (C=O) groups excluding carboxylic acids is 2. The number of carboxylic acids is 1. The Balaban J connectivity index is 1.77. The molecule has 0 radical (unpaired) electrons. The summed E-state index contributed by atoms with van der Waals surface area (Å²) < 4.78 is 0. The second-order valence-corrected chi connectivity index (χ2v) is 6.29. The average molecular weight is 352 g/mol. The van der Waals surface area contributed by atoms with Crippen LogP contribution in [0.3, 0.4) is 0 Å². The van der Waals surface area contributed by atoms with Gasteiger partial charge in [0.15, 0.2) is 0 Å². The van der Waals surface area contributed by atoms with Gasteiger partial charge in [-0.05, 0) is 42.2 Å². The topological polar surface area (TPSA) is 95.5 Å². The minimum atomic E-state index is -0.898. The van der Waals surface area contributed by atoms with Crippen molar-refractivity contribution in [2.45, 2.75) is 31.7 Å². The molecule has 2 aromatic rings. The van der Waals surface area contributed by atoms with Gasteiger partial charge in [0, 0.05) is 24.1 Å². The first-order valence-electron chi connectivity index (χ1n) is 8.53. The SMILES string of the molecule is O=C(O)CCC(NC(=O)c1ccc2c(c1)CCC(=O)N2)c1ccccc1. The highest BCUT2D eigenvalue weighted by atomic mass is 16.4. The molecule has 1 aliphatic heterocycles. The molecule has 1 aliphatic rings. The highest BCUT2D eigenvalue weighted by Gasteiger charge is 2.20. The summed E-state index contributed by atoms with van der Waals surface area (Å²) in [5.74, 6) is -1.18. The van der Waals surface area contributed by atoms with Crippen molar-refractivity contribution in [2.24, 2.45) is 0 Å². The minimum Gasteiger partial charge on any atom is -0.481 e. The molecule has 1 heterocycles. The van der Waals surface area contributed by atoms with E-state index in [4.69, 9.17) is 5.11 Å². The molecule has 0 aromatic heterocycles. The molecule has 1 atom stereocenters. The second-order valence-electron chi connectivity index (χ2n) is 6.29. The predicted octanol–water partition coefficient (Wildman–Crippen LogP) is 2.91. The Hall–Kier alpha value is -3.15. The van der Waals surface area contributed by atoms with E-state index < -0.39 is 5.97 Å². The maximum Gasteiger partial charge on any atom is 0.303 e. The first kappa shape index (κ1) is 17.7. The molecule has 3 N–H and O–H groups in total. The number of fused-ring (bicyclic) bond motifs is 1. The Labute approximate surface area is 151 Å². The average Bonchev–Trinajstić information content (AvgIpc) is 2.65. The molecule has 6 nitrogen and oxygen atoms in total. The van der Waals surface area contributed by atoms with Crippen LogP contribution in [0.4, 0.5) is 5.69 Å². The highest BCUT2D eigenvalue weighted by Crippen LogP contribution is 2.24. The van der Waals surface area contributed by atoms with Crippen LogP contribution in [0.15, 0.2) is 48.5 Å². The van der Waals surface area contributed by atoms with Crippen LogP contribution in [0.1, 0.15) is 46.8 Å². The van der Waals surface area contributed by atoms with Crippen LogP contribution in [0.2, 0.25) is 0 Å².